The van der Waals surface area contributed by atoms with Crippen LogP contribution in [-0.2, 0) is 12.8 Å². The van der Waals surface area contributed by atoms with Crippen molar-refractivity contribution < 1.29 is 9.05 Å². The molecule has 0 radical (unpaired) electrons. The molecule has 0 aliphatic carbocycles. The molecule has 0 aromatic carbocycles. The lowest BCUT2D eigenvalue weighted by Gasteiger charge is -2.09. The Morgan fingerprint density at radius 3 is 2.60 bits per heavy atom. The summed E-state index contributed by atoms with van der Waals surface area (Å²) in [6, 6.07) is 3.60. The third-order valence-electron chi connectivity index (χ3n) is 4.56. The van der Waals surface area contributed by atoms with Gasteiger partial charge < -0.3 is 9.05 Å². The van der Waals surface area contributed by atoms with Crippen molar-refractivity contribution in [1.29, 1.82) is 0 Å². The first kappa shape index (κ1) is 19.9. The first-order valence-corrected chi connectivity index (χ1v) is 9.81. The third-order valence-corrected chi connectivity index (χ3v) is 4.75. The summed E-state index contributed by atoms with van der Waals surface area (Å²) in [5.74, 6) is 2.12. The molecule has 0 aliphatic rings. The summed E-state index contributed by atoms with van der Waals surface area (Å²) < 4.78 is 10.4. The number of pyridine rings is 2. The van der Waals surface area contributed by atoms with E-state index in [1.54, 1.807) is 25.3 Å². The minimum Gasteiger partial charge on any atom is -0.335 e. The predicted molar refractivity (Wildman–Crippen MR) is 112 cm³/mol. The second kappa shape index (κ2) is 8.54. The van der Waals surface area contributed by atoms with Crippen molar-refractivity contribution in [3.05, 3.63) is 69.6 Å². The molecule has 4 aromatic heterocycles. The zero-order chi connectivity index (χ0) is 21.1. The number of nitrogens with zero attached hydrogens (tertiary/aromatic N) is 6. The molecule has 0 spiro atoms. The average Bonchev–Trinajstić information content (AvgIpc) is 3.37. The Balaban J connectivity index is 1.59. The molecule has 0 bridgehead atoms. The lowest BCUT2D eigenvalue weighted by molar-refractivity contribution is 0.403. The minimum atomic E-state index is 0.364. The van der Waals surface area contributed by atoms with Crippen LogP contribution in [0.25, 0.3) is 23.6 Å². The highest BCUT2D eigenvalue weighted by molar-refractivity contribution is 6.29. The number of halogens is 1. The fourth-order valence-electron chi connectivity index (χ4n) is 2.95. The van der Waals surface area contributed by atoms with Crippen LogP contribution in [0.5, 0.6) is 0 Å². The van der Waals surface area contributed by atoms with Gasteiger partial charge in [-0.05, 0) is 48.7 Å². The summed E-state index contributed by atoms with van der Waals surface area (Å²) in [7, 11) is 0. The maximum atomic E-state index is 6.22. The topological polar surface area (TPSA) is 104 Å². The van der Waals surface area contributed by atoms with Crippen molar-refractivity contribution in [2.75, 3.05) is 0 Å². The summed E-state index contributed by atoms with van der Waals surface area (Å²) >= 11 is 6.22. The Kier molecular flexibility index (Phi) is 5.67. The largest absolute Gasteiger partial charge is 0.335 e. The summed E-state index contributed by atoms with van der Waals surface area (Å²) in [6.07, 6.45) is 8.61. The van der Waals surface area contributed by atoms with Gasteiger partial charge in [-0.3, -0.25) is 4.98 Å². The molecule has 0 N–H and O–H groups in total. The molecule has 0 amide bonds. The maximum absolute atomic E-state index is 6.22. The Labute approximate surface area is 178 Å². The van der Waals surface area contributed by atoms with E-state index in [1.165, 1.54) is 0 Å². The van der Waals surface area contributed by atoms with Crippen LogP contribution < -0.4 is 0 Å². The van der Waals surface area contributed by atoms with Gasteiger partial charge in [0.05, 0.1) is 0 Å². The molecule has 0 unspecified atom stereocenters. The predicted octanol–water partition coefficient (Wildman–Crippen LogP) is 4.50. The average molecular weight is 423 g/mol. The van der Waals surface area contributed by atoms with E-state index in [0.717, 1.165) is 34.4 Å². The van der Waals surface area contributed by atoms with E-state index in [0.29, 0.717) is 35.0 Å². The molecular formula is C21H19ClN6O2. The van der Waals surface area contributed by atoms with Crippen LogP contribution in [0.15, 0.2) is 33.6 Å². The molecule has 0 fully saturated rings. The molecular weight excluding hydrogens is 404 g/mol. The first-order chi connectivity index (χ1) is 14.5. The fourth-order valence-corrected chi connectivity index (χ4v) is 3.17. The van der Waals surface area contributed by atoms with Crippen molar-refractivity contribution in [2.24, 2.45) is 0 Å². The van der Waals surface area contributed by atoms with Crippen LogP contribution in [0.2, 0.25) is 5.15 Å². The molecule has 9 heteroatoms. The zero-order valence-corrected chi connectivity index (χ0v) is 17.5. The molecule has 30 heavy (non-hydrogen) atoms. The minimum absolute atomic E-state index is 0.364. The number of hydrogen-bond donors (Lipinski definition) is 0. The van der Waals surface area contributed by atoms with Gasteiger partial charge in [0.15, 0.2) is 11.6 Å². The normalized spacial score (nSPS) is 11.5. The van der Waals surface area contributed by atoms with Crippen LogP contribution >= 0.6 is 11.6 Å². The molecule has 0 atom stereocenters. The Morgan fingerprint density at radius 2 is 1.87 bits per heavy atom. The summed E-state index contributed by atoms with van der Waals surface area (Å²) in [5, 5.41) is 8.09. The molecule has 4 heterocycles. The lowest BCUT2D eigenvalue weighted by atomic mass is 10.0. The Bertz CT molecular complexity index is 1210. The molecule has 152 valence electrons. The van der Waals surface area contributed by atoms with Gasteiger partial charge in [-0.2, -0.15) is 9.97 Å². The molecule has 8 nitrogen and oxygen atoms in total. The van der Waals surface area contributed by atoms with Crippen molar-refractivity contribution in [1.82, 2.24) is 30.2 Å². The number of aryl methyl sites for hydroxylation is 2. The van der Waals surface area contributed by atoms with Crippen molar-refractivity contribution >= 4 is 23.8 Å². The molecule has 0 aliphatic heterocycles. The first-order valence-electron chi connectivity index (χ1n) is 9.43. The smallest absolute Gasteiger partial charge is 0.258 e. The monoisotopic (exact) mass is 422 g/mol. The lowest BCUT2D eigenvalue weighted by Crippen LogP contribution is -1.99. The highest BCUT2D eigenvalue weighted by Gasteiger charge is 2.12. The number of hydrogen-bond acceptors (Lipinski definition) is 8. The van der Waals surface area contributed by atoms with E-state index < -0.39 is 0 Å². The van der Waals surface area contributed by atoms with Gasteiger partial charge in [0.2, 0.25) is 0 Å². The van der Waals surface area contributed by atoms with Gasteiger partial charge >= 0.3 is 0 Å². The number of rotatable bonds is 6. The van der Waals surface area contributed by atoms with E-state index in [9.17, 15) is 0 Å². The zero-order valence-electron chi connectivity index (χ0n) is 16.8. The molecule has 0 saturated heterocycles. The van der Waals surface area contributed by atoms with Gasteiger partial charge in [0, 0.05) is 42.6 Å². The Hall–Kier alpha value is -3.39. The van der Waals surface area contributed by atoms with E-state index in [-0.39, 0.29) is 0 Å². The maximum Gasteiger partial charge on any atom is 0.258 e. The highest BCUT2D eigenvalue weighted by Crippen LogP contribution is 2.24. The van der Waals surface area contributed by atoms with E-state index >= 15 is 0 Å². The van der Waals surface area contributed by atoms with Crippen LogP contribution in [-0.4, -0.2) is 30.2 Å². The quantitative estimate of drug-likeness (QED) is 0.418. The van der Waals surface area contributed by atoms with Gasteiger partial charge in [-0.25, -0.2) is 4.98 Å². The second-order valence-electron chi connectivity index (χ2n) is 6.74. The van der Waals surface area contributed by atoms with E-state index in [4.69, 9.17) is 20.6 Å². The van der Waals surface area contributed by atoms with Crippen LogP contribution in [0.4, 0.5) is 0 Å². The summed E-state index contributed by atoms with van der Waals surface area (Å²) in [5.41, 5.74) is 4.57. The van der Waals surface area contributed by atoms with Gasteiger partial charge in [-0.15, -0.1) is 0 Å². The van der Waals surface area contributed by atoms with Gasteiger partial charge in [-0.1, -0.05) is 28.8 Å². The van der Waals surface area contributed by atoms with E-state index in [2.05, 4.69) is 30.2 Å². The third kappa shape index (κ3) is 4.44. The van der Waals surface area contributed by atoms with Crippen LogP contribution in [0.1, 0.15) is 46.8 Å². The summed E-state index contributed by atoms with van der Waals surface area (Å²) in [6.45, 7) is 5.78. The van der Waals surface area contributed by atoms with Crippen LogP contribution in [0, 0.1) is 13.8 Å². The summed E-state index contributed by atoms with van der Waals surface area (Å²) in [4.78, 5) is 17.3. The molecule has 4 aromatic rings. The van der Waals surface area contributed by atoms with Gasteiger partial charge in [0.1, 0.15) is 5.15 Å². The van der Waals surface area contributed by atoms with Crippen molar-refractivity contribution in [3.8, 4) is 11.5 Å². The van der Waals surface area contributed by atoms with Crippen molar-refractivity contribution in [3.63, 3.8) is 0 Å². The van der Waals surface area contributed by atoms with E-state index in [1.807, 2.05) is 32.2 Å². The number of aromatic nitrogens is 6. The van der Waals surface area contributed by atoms with Gasteiger partial charge in [0.25, 0.3) is 11.8 Å². The molecule has 4 rings (SSSR count). The standard InChI is InChI=1S/C21H19ClN6O2/c1-4-19-26-20(29-28-19)6-5-14-10-23-11-16(12(14)2)8-17-7-15(9-18(22)25-17)21-24-13(3)27-30-21/h5-7,9-11H,4,8H2,1-3H3/b6-5+. The SMILES string of the molecule is CCc1noc(/C=C/c2cncc(Cc3cc(-c4nc(C)no4)cc(Cl)n3)c2C)n1. The second-order valence-corrected chi connectivity index (χ2v) is 7.13. The van der Waals surface area contributed by atoms with Crippen molar-refractivity contribution in [2.45, 2.75) is 33.6 Å². The highest BCUT2D eigenvalue weighted by atomic mass is 35.5. The van der Waals surface area contributed by atoms with Crippen LogP contribution in [0.3, 0.4) is 0 Å². The Morgan fingerprint density at radius 1 is 1.00 bits per heavy atom. The fraction of sp³-hybridized carbons (Fsp3) is 0.238. The molecule has 0 saturated carbocycles.